The van der Waals surface area contributed by atoms with Crippen LogP contribution in [-0.4, -0.2) is 35.6 Å². The van der Waals surface area contributed by atoms with Crippen molar-refractivity contribution >= 4 is 11.6 Å². The van der Waals surface area contributed by atoms with Crippen molar-refractivity contribution in [3.63, 3.8) is 0 Å². The molecule has 0 aliphatic carbocycles. The van der Waals surface area contributed by atoms with E-state index in [0.717, 1.165) is 30.0 Å². The van der Waals surface area contributed by atoms with Gasteiger partial charge in [-0.05, 0) is 30.2 Å². The van der Waals surface area contributed by atoms with Crippen LogP contribution in [0.15, 0.2) is 24.4 Å². The van der Waals surface area contributed by atoms with Crippen LogP contribution in [0, 0.1) is 0 Å². The average Bonchev–Trinajstić information content (AvgIpc) is 3.21. The first-order valence-electron chi connectivity index (χ1n) is 8.13. The Hall–Kier alpha value is -1.76. The summed E-state index contributed by atoms with van der Waals surface area (Å²) in [5, 5.41) is 8.40. The molecule has 0 amide bonds. The number of aryl methyl sites for hydroxylation is 1. The molecule has 1 aromatic carbocycles. The lowest BCUT2D eigenvalue weighted by molar-refractivity contribution is 0.0919. The van der Waals surface area contributed by atoms with E-state index < -0.39 is 0 Å². The minimum absolute atomic E-state index is 0.0187. The highest BCUT2D eigenvalue weighted by Crippen LogP contribution is 2.38. The summed E-state index contributed by atoms with van der Waals surface area (Å²) in [4.78, 5) is 0. The third-order valence-electron chi connectivity index (χ3n) is 4.47. The highest BCUT2D eigenvalue weighted by molar-refractivity contribution is 6.32. The van der Waals surface area contributed by atoms with Gasteiger partial charge in [0.25, 0.3) is 0 Å². The summed E-state index contributed by atoms with van der Waals surface area (Å²) in [6.45, 7) is 2.53. The second kappa shape index (κ2) is 6.63. The quantitative estimate of drug-likeness (QED) is 0.919. The molecule has 128 valence electrons. The lowest BCUT2D eigenvalue weighted by atomic mass is 10.1. The number of nitrogens with zero attached hydrogens (tertiary/aromatic N) is 2. The summed E-state index contributed by atoms with van der Waals surface area (Å²) in [5.41, 5.74) is 2.16. The Kier molecular flexibility index (Phi) is 4.35. The minimum atomic E-state index is 0.0187. The van der Waals surface area contributed by atoms with Crippen LogP contribution in [0.3, 0.4) is 0 Å². The topological polar surface area (TPSA) is 57.5 Å². The Bertz CT molecular complexity index is 734. The number of hydrogen-bond acceptors (Lipinski definition) is 5. The predicted octanol–water partition coefficient (Wildman–Crippen LogP) is 2.46. The summed E-state index contributed by atoms with van der Waals surface area (Å²) in [6, 6.07) is 6.16. The van der Waals surface area contributed by atoms with Gasteiger partial charge in [0.1, 0.15) is 19.3 Å². The highest BCUT2D eigenvalue weighted by atomic mass is 35.5. The fourth-order valence-electron chi connectivity index (χ4n) is 3.27. The van der Waals surface area contributed by atoms with Gasteiger partial charge < -0.3 is 19.5 Å². The number of aromatic nitrogens is 2. The van der Waals surface area contributed by atoms with Gasteiger partial charge in [-0.25, -0.2) is 0 Å². The van der Waals surface area contributed by atoms with Gasteiger partial charge in [0.15, 0.2) is 11.5 Å². The summed E-state index contributed by atoms with van der Waals surface area (Å²) in [6.07, 6.45) is 2.79. The summed E-state index contributed by atoms with van der Waals surface area (Å²) in [5.74, 6) is 1.36. The number of nitrogens with one attached hydrogen (secondary N) is 1. The molecule has 7 heteroatoms. The van der Waals surface area contributed by atoms with Crippen molar-refractivity contribution in [3.05, 3.63) is 40.7 Å². The Morgan fingerprint density at radius 1 is 1.29 bits per heavy atom. The number of ether oxygens (including phenoxy) is 3. The number of hydrogen-bond donors (Lipinski definition) is 1. The van der Waals surface area contributed by atoms with Gasteiger partial charge >= 0.3 is 0 Å². The lowest BCUT2D eigenvalue weighted by Gasteiger charge is -2.22. The number of halogens is 1. The number of fused-ring (bicyclic) bond motifs is 1. The normalized spacial score (nSPS) is 22.8. The van der Waals surface area contributed by atoms with Gasteiger partial charge in [0, 0.05) is 32.4 Å². The lowest BCUT2D eigenvalue weighted by Crippen LogP contribution is -2.32. The van der Waals surface area contributed by atoms with Gasteiger partial charge in [-0.3, -0.25) is 4.68 Å². The zero-order chi connectivity index (χ0) is 16.5. The predicted molar refractivity (Wildman–Crippen MR) is 89.6 cm³/mol. The Morgan fingerprint density at radius 3 is 3.00 bits per heavy atom. The molecule has 4 rings (SSSR count). The molecule has 2 aromatic rings. The third kappa shape index (κ3) is 2.97. The maximum atomic E-state index is 6.30. The number of benzene rings is 1. The van der Waals surface area contributed by atoms with E-state index in [9.17, 15) is 0 Å². The average molecular weight is 350 g/mol. The van der Waals surface area contributed by atoms with E-state index in [0.29, 0.717) is 30.5 Å². The van der Waals surface area contributed by atoms with Gasteiger partial charge in [-0.15, -0.1) is 0 Å². The first-order valence-corrected chi connectivity index (χ1v) is 8.51. The molecule has 2 aliphatic heterocycles. The summed E-state index contributed by atoms with van der Waals surface area (Å²) in [7, 11) is 1.94. The molecule has 0 bridgehead atoms. The van der Waals surface area contributed by atoms with Crippen LogP contribution in [0.1, 0.15) is 23.8 Å². The van der Waals surface area contributed by atoms with Crippen molar-refractivity contribution in [2.45, 2.75) is 25.1 Å². The molecule has 1 aromatic heterocycles. The molecule has 1 N–H and O–H groups in total. The smallest absolute Gasteiger partial charge is 0.179 e. The van der Waals surface area contributed by atoms with E-state index in [2.05, 4.69) is 10.4 Å². The first kappa shape index (κ1) is 15.7. The van der Waals surface area contributed by atoms with E-state index in [1.807, 2.05) is 29.9 Å². The second-order valence-electron chi connectivity index (χ2n) is 6.05. The van der Waals surface area contributed by atoms with Crippen LogP contribution in [-0.2, 0) is 18.3 Å². The fraction of sp³-hybridized carbons (Fsp3) is 0.471. The van der Waals surface area contributed by atoms with E-state index in [-0.39, 0.29) is 12.1 Å². The van der Waals surface area contributed by atoms with Crippen molar-refractivity contribution in [1.82, 2.24) is 15.1 Å². The van der Waals surface area contributed by atoms with Crippen LogP contribution in [0.2, 0.25) is 5.02 Å². The monoisotopic (exact) mass is 349 g/mol. The van der Waals surface area contributed by atoms with E-state index in [1.54, 1.807) is 6.20 Å². The second-order valence-corrected chi connectivity index (χ2v) is 6.46. The molecule has 2 aliphatic rings. The maximum Gasteiger partial charge on any atom is 0.179 e. The van der Waals surface area contributed by atoms with Crippen molar-refractivity contribution in [2.24, 2.45) is 7.05 Å². The minimum Gasteiger partial charge on any atom is -0.486 e. The van der Waals surface area contributed by atoms with Crippen LogP contribution in [0.4, 0.5) is 0 Å². The molecule has 1 saturated heterocycles. The zero-order valence-corrected chi connectivity index (χ0v) is 14.3. The zero-order valence-electron chi connectivity index (χ0n) is 13.5. The molecular formula is C17H20ClN3O3. The number of rotatable bonds is 4. The van der Waals surface area contributed by atoms with Gasteiger partial charge in [-0.1, -0.05) is 11.6 Å². The van der Waals surface area contributed by atoms with Gasteiger partial charge in [0.05, 0.1) is 10.7 Å². The van der Waals surface area contributed by atoms with E-state index >= 15 is 0 Å². The van der Waals surface area contributed by atoms with E-state index in [4.69, 9.17) is 25.8 Å². The van der Waals surface area contributed by atoms with Crippen molar-refractivity contribution in [3.8, 4) is 11.5 Å². The van der Waals surface area contributed by atoms with Crippen LogP contribution in [0.5, 0.6) is 11.5 Å². The molecule has 3 heterocycles. The largest absolute Gasteiger partial charge is 0.486 e. The first-order chi connectivity index (χ1) is 11.7. The Labute approximate surface area is 145 Å². The molecule has 6 nitrogen and oxygen atoms in total. The Balaban J connectivity index is 1.47. The fourth-order valence-corrected chi connectivity index (χ4v) is 3.56. The summed E-state index contributed by atoms with van der Waals surface area (Å²) < 4.78 is 19.0. The van der Waals surface area contributed by atoms with Gasteiger partial charge in [0.2, 0.25) is 0 Å². The SMILES string of the molecule is Cn1nccc1[C@H]1OCC[C@@H]1NCc1cc(Cl)c2c(c1)OCCO2. The van der Waals surface area contributed by atoms with Crippen LogP contribution < -0.4 is 14.8 Å². The molecule has 0 spiro atoms. The molecule has 2 atom stereocenters. The molecule has 0 saturated carbocycles. The molecule has 0 radical (unpaired) electrons. The van der Waals surface area contributed by atoms with Crippen LogP contribution in [0.25, 0.3) is 0 Å². The van der Waals surface area contributed by atoms with Crippen molar-refractivity contribution < 1.29 is 14.2 Å². The maximum absolute atomic E-state index is 6.30. The summed E-state index contributed by atoms with van der Waals surface area (Å²) >= 11 is 6.30. The molecule has 24 heavy (non-hydrogen) atoms. The highest BCUT2D eigenvalue weighted by Gasteiger charge is 2.31. The Morgan fingerprint density at radius 2 is 2.17 bits per heavy atom. The molecular weight excluding hydrogens is 330 g/mol. The van der Waals surface area contributed by atoms with Crippen molar-refractivity contribution in [2.75, 3.05) is 19.8 Å². The van der Waals surface area contributed by atoms with E-state index in [1.165, 1.54) is 0 Å². The van der Waals surface area contributed by atoms with Crippen molar-refractivity contribution in [1.29, 1.82) is 0 Å². The van der Waals surface area contributed by atoms with Crippen LogP contribution >= 0.6 is 11.6 Å². The third-order valence-corrected chi connectivity index (χ3v) is 4.75. The molecule has 1 fully saturated rings. The van der Waals surface area contributed by atoms with Gasteiger partial charge in [-0.2, -0.15) is 5.10 Å². The standard InChI is InChI=1S/C17H20ClN3O3/c1-21-14(2-4-20-21)17-13(3-5-23-17)19-10-11-8-12(18)16-15(9-11)22-6-7-24-16/h2,4,8-9,13,17,19H,3,5-7,10H2,1H3/t13-,17-/m0/s1. The molecule has 0 unspecified atom stereocenters.